The number of anilines is 1. The second-order valence-corrected chi connectivity index (χ2v) is 7.69. The summed E-state index contributed by atoms with van der Waals surface area (Å²) in [7, 11) is 0. The van der Waals surface area contributed by atoms with Crippen molar-refractivity contribution in [2.24, 2.45) is 0 Å². The fraction of sp³-hybridized carbons (Fsp3) is 0.261. The predicted molar refractivity (Wildman–Crippen MR) is 108 cm³/mol. The molecule has 0 unspecified atom stereocenters. The van der Waals surface area contributed by atoms with Crippen molar-refractivity contribution < 1.29 is 13.9 Å². The van der Waals surface area contributed by atoms with Crippen molar-refractivity contribution in [1.82, 2.24) is 0 Å². The molecule has 5 heteroatoms. The van der Waals surface area contributed by atoms with Crippen LogP contribution in [0.5, 0.6) is 5.75 Å². The smallest absolute Gasteiger partial charge is 0.235 e. The quantitative estimate of drug-likeness (QED) is 0.528. The van der Waals surface area contributed by atoms with Crippen LogP contribution >= 0.6 is 0 Å². The van der Waals surface area contributed by atoms with Crippen LogP contribution in [-0.2, 0) is 12.8 Å². The Morgan fingerprint density at radius 3 is 2.71 bits per heavy atom. The summed E-state index contributed by atoms with van der Waals surface area (Å²) in [6.45, 7) is 2.19. The van der Waals surface area contributed by atoms with Gasteiger partial charge in [-0.05, 0) is 55.5 Å². The van der Waals surface area contributed by atoms with E-state index in [1.807, 2.05) is 6.07 Å². The molecule has 0 bridgehead atoms. The molecule has 0 saturated heterocycles. The Morgan fingerprint density at radius 2 is 1.82 bits per heavy atom. The number of fused-ring (bicyclic) bond motifs is 3. The van der Waals surface area contributed by atoms with Gasteiger partial charge in [-0.3, -0.25) is 4.79 Å². The Hall–Kier alpha value is -3.21. The molecule has 2 aromatic carbocycles. The number of rotatable bonds is 1. The third kappa shape index (κ3) is 2.10. The molecule has 2 aliphatic heterocycles. The summed E-state index contributed by atoms with van der Waals surface area (Å²) >= 11 is 0. The van der Waals surface area contributed by atoms with Crippen LogP contribution in [0.2, 0.25) is 0 Å². The number of nitrogens with zero attached hydrogens (tertiary/aromatic N) is 1. The van der Waals surface area contributed by atoms with Gasteiger partial charge in [-0.15, -0.1) is 0 Å². The summed E-state index contributed by atoms with van der Waals surface area (Å²) in [5.74, 6) is 0.0848. The second-order valence-electron chi connectivity index (χ2n) is 7.69. The van der Waals surface area contributed by atoms with E-state index in [1.54, 1.807) is 24.3 Å². The maximum atomic E-state index is 12.6. The van der Waals surface area contributed by atoms with Crippen molar-refractivity contribution in [3.8, 4) is 17.3 Å². The molecule has 0 spiro atoms. The van der Waals surface area contributed by atoms with Crippen molar-refractivity contribution in [3.63, 3.8) is 0 Å². The fourth-order valence-corrected chi connectivity index (χ4v) is 4.78. The molecule has 140 valence electrons. The molecule has 0 radical (unpaired) electrons. The standard InChI is InChI=1S/C23H19NO4/c25-20-15-6-1-2-8-17(15)27-23(21(20)26)18-12-14-11-13-5-3-9-24-10-4-7-16(19(13)24)22(14)28-18/h1-2,6,8,11-12,26H,3-5,7,9-10H2. The van der Waals surface area contributed by atoms with Crippen molar-refractivity contribution in [3.05, 3.63) is 57.7 Å². The molecule has 2 aromatic heterocycles. The molecule has 0 saturated carbocycles. The first-order chi connectivity index (χ1) is 13.7. The Kier molecular flexibility index (Phi) is 3.19. The van der Waals surface area contributed by atoms with Gasteiger partial charge in [0.25, 0.3) is 0 Å². The van der Waals surface area contributed by atoms with Crippen LogP contribution in [0.4, 0.5) is 5.69 Å². The molecule has 4 aromatic rings. The molecule has 28 heavy (non-hydrogen) atoms. The number of para-hydroxylation sites is 1. The first kappa shape index (κ1) is 15.8. The maximum absolute atomic E-state index is 12.6. The van der Waals surface area contributed by atoms with Crippen LogP contribution in [0.3, 0.4) is 0 Å². The normalized spacial score (nSPS) is 15.9. The summed E-state index contributed by atoms with van der Waals surface area (Å²) in [4.78, 5) is 15.0. The highest BCUT2D eigenvalue weighted by Gasteiger charge is 2.28. The SMILES string of the molecule is O=c1c(O)c(-c2cc3cc4c5c(c3o2)CCCN5CCC4)oc2ccccc12. The number of hydrogen-bond donors (Lipinski definition) is 1. The van der Waals surface area contributed by atoms with Crippen molar-refractivity contribution in [2.75, 3.05) is 18.0 Å². The van der Waals surface area contributed by atoms with E-state index in [0.717, 1.165) is 43.3 Å². The van der Waals surface area contributed by atoms with Crippen LogP contribution in [0.15, 0.2) is 50.0 Å². The average Bonchev–Trinajstić information content (AvgIpc) is 3.15. The zero-order chi connectivity index (χ0) is 18.8. The molecule has 1 N–H and O–H groups in total. The highest BCUT2D eigenvalue weighted by Crippen LogP contribution is 2.43. The summed E-state index contributed by atoms with van der Waals surface area (Å²) in [5, 5.41) is 11.9. The molecule has 5 nitrogen and oxygen atoms in total. The summed E-state index contributed by atoms with van der Waals surface area (Å²) < 4.78 is 12.1. The Morgan fingerprint density at radius 1 is 1.00 bits per heavy atom. The molecule has 0 fully saturated rings. The van der Waals surface area contributed by atoms with Crippen molar-refractivity contribution >= 4 is 27.6 Å². The van der Waals surface area contributed by atoms with Gasteiger partial charge < -0.3 is 18.8 Å². The van der Waals surface area contributed by atoms with Gasteiger partial charge in [0.05, 0.1) is 5.39 Å². The molecule has 4 heterocycles. The van der Waals surface area contributed by atoms with E-state index in [9.17, 15) is 9.90 Å². The topological polar surface area (TPSA) is 66.8 Å². The zero-order valence-corrected chi connectivity index (χ0v) is 15.3. The van der Waals surface area contributed by atoms with E-state index >= 15 is 0 Å². The number of hydrogen-bond acceptors (Lipinski definition) is 5. The van der Waals surface area contributed by atoms with Gasteiger partial charge in [0.1, 0.15) is 11.2 Å². The fourth-order valence-electron chi connectivity index (χ4n) is 4.78. The van der Waals surface area contributed by atoms with Gasteiger partial charge in [0.15, 0.2) is 5.76 Å². The van der Waals surface area contributed by atoms with Gasteiger partial charge in [-0.25, -0.2) is 0 Å². The van der Waals surface area contributed by atoms with Crippen LogP contribution in [0.1, 0.15) is 24.0 Å². The Balaban J connectivity index is 1.62. The van der Waals surface area contributed by atoms with Crippen LogP contribution in [-0.4, -0.2) is 18.2 Å². The van der Waals surface area contributed by atoms with E-state index in [-0.39, 0.29) is 5.76 Å². The van der Waals surface area contributed by atoms with Crippen LogP contribution in [0, 0.1) is 0 Å². The van der Waals surface area contributed by atoms with Crippen molar-refractivity contribution in [2.45, 2.75) is 25.7 Å². The van der Waals surface area contributed by atoms with Gasteiger partial charge >= 0.3 is 0 Å². The first-order valence-corrected chi connectivity index (χ1v) is 9.79. The van der Waals surface area contributed by atoms with E-state index < -0.39 is 11.2 Å². The minimum absolute atomic E-state index is 0.0951. The minimum atomic E-state index is -0.441. The van der Waals surface area contributed by atoms with Crippen molar-refractivity contribution in [1.29, 1.82) is 0 Å². The number of benzene rings is 2. The highest BCUT2D eigenvalue weighted by molar-refractivity contribution is 5.92. The lowest BCUT2D eigenvalue weighted by atomic mass is 9.90. The molecule has 0 aliphatic carbocycles. The summed E-state index contributed by atoms with van der Waals surface area (Å²) in [6.07, 6.45) is 4.34. The Labute approximate surface area is 160 Å². The van der Waals surface area contributed by atoms with E-state index in [4.69, 9.17) is 8.83 Å². The molecular weight excluding hydrogens is 354 g/mol. The van der Waals surface area contributed by atoms with Gasteiger partial charge in [0.2, 0.25) is 16.9 Å². The predicted octanol–water partition coefficient (Wildman–Crippen LogP) is 4.61. The maximum Gasteiger partial charge on any atom is 0.235 e. The summed E-state index contributed by atoms with van der Waals surface area (Å²) in [6, 6.07) is 11.0. The molecule has 6 rings (SSSR count). The molecular formula is C23H19NO4. The average molecular weight is 373 g/mol. The number of furan rings is 1. The third-order valence-electron chi connectivity index (χ3n) is 6.00. The largest absolute Gasteiger partial charge is 0.501 e. The van der Waals surface area contributed by atoms with E-state index in [1.165, 1.54) is 23.2 Å². The van der Waals surface area contributed by atoms with Gasteiger partial charge in [-0.1, -0.05) is 12.1 Å². The third-order valence-corrected chi connectivity index (χ3v) is 6.00. The van der Waals surface area contributed by atoms with E-state index in [0.29, 0.717) is 16.7 Å². The molecule has 0 atom stereocenters. The lowest BCUT2D eigenvalue weighted by Crippen LogP contribution is -2.34. The van der Waals surface area contributed by atoms with Crippen LogP contribution < -0.4 is 10.3 Å². The lowest BCUT2D eigenvalue weighted by Gasteiger charge is -2.36. The molecule has 0 amide bonds. The molecule has 2 aliphatic rings. The van der Waals surface area contributed by atoms with Gasteiger partial charge in [-0.2, -0.15) is 0 Å². The number of aromatic hydroxyl groups is 1. The van der Waals surface area contributed by atoms with Crippen LogP contribution in [0.25, 0.3) is 33.5 Å². The Bertz CT molecular complexity index is 1310. The monoisotopic (exact) mass is 373 g/mol. The second kappa shape index (κ2) is 5.64. The van der Waals surface area contributed by atoms with E-state index in [2.05, 4.69) is 11.0 Å². The zero-order valence-electron chi connectivity index (χ0n) is 15.3. The minimum Gasteiger partial charge on any atom is -0.501 e. The highest BCUT2D eigenvalue weighted by atomic mass is 16.4. The summed E-state index contributed by atoms with van der Waals surface area (Å²) in [5.41, 5.74) is 4.78. The van der Waals surface area contributed by atoms with Gasteiger partial charge in [0, 0.05) is 29.7 Å². The lowest BCUT2D eigenvalue weighted by molar-refractivity contribution is 0.441. The number of aryl methyl sites for hydroxylation is 2. The first-order valence-electron chi connectivity index (χ1n) is 9.79.